The van der Waals surface area contributed by atoms with Gasteiger partial charge in [-0.15, -0.1) is 0 Å². The predicted octanol–water partition coefficient (Wildman–Crippen LogP) is 1.40. The molecule has 1 fully saturated rings. The van der Waals surface area contributed by atoms with Gasteiger partial charge >= 0.3 is 0 Å². The Balaban J connectivity index is 2.25. The number of aliphatic hydroxyl groups excluding tert-OH is 1. The lowest BCUT2D eigenvalue weighted by Gasteiger charge is -2.52. The number of halogens is 1. The number of carbonyl (C=O) groups excluding carboxylic acids is 1. The van der Waals surface area contributed by atoms with Gasteiger partial charge in [-0.2, -0.15) is 0 Å². The number of alkyl halides is 1. The van der Waals surface area contributed by atoms with Crippen molar-refractivity contribution in [1.82, 2.24) is 4.90 Å². The predicted molar refractivity (Wildman–Crippen MR) is 79.6 cm³/mol. The summed E-state index contributed by atoms with van der Waals surface area (Å²) in [6.45, 7) is 5.64. The van der Waals surface area contributed by atoms with E-state index >= 15 is 0 Å². The third-order valence-corrected chi connectivity index (χ3v) is 7.52. The van der Waals surface area contributed by atoms with Crippen molar-refractivity contribution < 1.29 is 14.1 Å². The van der Waals surface area contributed by atoms with E-state index in [0.29, 0.717) is 5.75 Å². The number of aliphatic hydroxyl groups is 1. The smallest absolute Gasteiger partial charge is 0.247 e. The van der Waals surface area contributed by atoms with E-state index < -0.39 is 20.3 Å². The molecule has 0 aromatic rings. The molecule has 102 valence electrons. The van der Waals surface area contributed by atoms with E-state index in [1.807, 2.05) is 13.8 Å². The summed E-state index contributed by atoms with van der Waals surface area (Å²) < 4.78 is 11.3. The number of rotatable bonds is 4. The van der Waals surface area contributed by atoms with Gasteiger partial charge in [-0.25, -0.2) is 0 Å². The van der Waals surface area contributed by atoms with Crippen LogP contribution in [0.4, 0.5) is 0 Å². The van der Waals surface area contributed by atoms with Crippen LogP contribution in [0.25, 0.3) is 0 Å². The fourth-order valence-corrected chi connectivity index (χ4v) is 5.24. The minimum absolute atomic E-state index is 0.0543. The number of hydrogen-bond donors (Lipinski definition) is 1. The van der Waals surface area contributed by atoms with Crippen molar-refractivity contribution in [3.05, 3.63) is 11.1 Å². The van der Waals surface area contributed by atoms with Crippen molar-refractivity contribution in [3.63, 3.8) is 0 Å². The van der Waals surface area contributed by atoms with Gasteiger partial charge in [0.1, 0.15) is 3.42 Å². The van der Waals surface area contributed by atoms with E-state index in [0.717, 1.165) is 11.3 Å². The second-order valence-electron chi connectivity index (χ2n) is 4.97. The quantitative estimate of drug-likeness (QED) is 0.454. The summed E-state index contributed by atoms with van der Waals surface area (Å²) in [5.41, 5.74) is 0. The van der Waals surface area contributed by atoms with Crippen LogP contribution >= 0.6 is 22.6 Å². The van der Waals surface area contributed by atoms with Crippen molar-refractivity contribution in [1.29, 1.82) is 0 Å². The lowest BCUT2D eigenvalue weighted by molar-refractivity contribution is -0.151. The average molecular weight is 383 g/mol. The Morgan fingerprint density at radius 1 is 1.67 bits per heavy atom. The van der Waals surface area contributed by atoms with Crippen LogP contribution in [0.15, 0.2) is 11.1 Å². The second kappa shape index (κ2) is 4.86. The maximum Gasteiger partial charge on any atom is 0.247 e. The Hall–Kier alpha value is 0.0500. The summed E-state index contributed by atoms with van der Waals surface area (Å²) in [6, 6.07) is -0.0543. The molecule has 0 aromatic carbocycles. The zero-order chi connectivity index (χ0) is 13.7. The molecular weight excluding hydrogens is 365 g/mol. The Kier molecular flexibility index (Phi) is 3.91. The molecule has 1 N–H and O–H groups in total. The molecule has 18 heavy (non-hydrogen) atoms. The molecule has 0 bridgehead atoms. The first-order chi connectivity index (χ1) is 8.35. The lowest BCUT2D eigenvalue weighted by atomic mass is 9.79. The molecule has 2 heterocycles. The van der Waals surface area contributed by atoms with Gasteiger partial charge in [-0.3, -0.25) is 9.00 Å². The molecule has 0 aliphatic carbocycles. The van der Waals surface area contributed by atoms with E-state index in [1.54, 1.807) is 18.0 Å². The second-order valence-corrected chi connectivity index (χ2v) is 8.33. The fraction of sp³-hybridized carbons (Fsp3) is 0.750. The van der Waals surface area contributed by atoms with E-state index in [4.69, 9.17) is 0 Å². The third-order valence-electron chi connectivity index (χ3n) is 3.74. The standard InChI is InChI=1S/C12H18INO3S/c1-4-5-18(17)9-6-14-10(7(9)2)12(13,8(3)15)11(14)16/h6-8,10,15H,4-5H2,1-3H3/t7-,8+,10?,12-,18?/m0/s1. The van der Waals surface area contributed by atoms with Gasteiger partial charge < -0.3 is 10.0 Å². The molecule has 4 nitrogen and oxygen atoms in total. The van der Waals surface area contributed by atoms with Gasteiger partial charge in [-0.1, -0.05) is 36.4 Å². The maximum absolute atomic E-state index is 12.1. The first kappa shape index (κ1) is 14.5. The lowest BCUT2D eigenvalue weighted by Crippen LogP contribution is -2.72. The Morgan fingerprint density at radius 2 is 2.28 bits per heavy atom. The van der Waals surface area contributed by atoms with Crippen molar-refractivity contribution in [2.45, 2.75) is 42.8 Å². The third kappa shape index (κ3) is 1.79. The molecule has 2 unspecified atom stereocenters. The summed E-state index contributed by atoms with van der Waals surface area (Å²) in [4.78, 5) is 14.6. The molecule has 1 amide bonds. The molecule has 0 spiro atoms. The summed E-state index contributed by atoms with van der Waals surface area (Å²) in [5.74, 6) is 0.619. The zero-order valence-corrected chi connectivity index (χ0v) is 13.7. The average Bonchev–Trinajstić information content (AvgIpc) is 2.63. The number of carbonyl (C=O) groups is 1. The van der Waals surface area contributed by atoms with Crippen molar-refractivity contribution in [3.8, 4) is 0 Å². The van der Waals surface area contributed by atoms with E-state index in [2.05, 4.69) is 22.6 Å². The number of β-lactam (4-membered cyclic amide) rings is 1. The van der Waals surface area contributed by atoms with E-state index in [1.165, 1.54) is 0 Å². The van der Waals surface area contributed by atoms with Gasteiger partial charge in [-0.05, 0) is 13.3 Å². The summed E-state index contributed by atoms with van der Waals surface area (Å²) in [7, 11) is -1.01. The molecule has 0 aromatic heterocycles. The van der Waals surface area contributed by atoms with Gasteiger partial charge in [0.25, 0.3) is 0 Å². The number of nitrogens with zero attached hydrogens (tertiary/aromatic N) is 1. The van der Waals surface area contributed by atoms with Gasteiger partial charge in [0.2, 0.25) is 5.91 Å². The fourth-order valence-electron chi connectivity index (χ4n) is 2.74. The minimum atomic E-state index is -1.01. The monoisotopic (exact) mass is 383 g/mol. The van der Waals surface area contributed by atoms with Crippen molar-refractivity contribution in [2.24, 2.45) is 5.92 Å². The summed E-state index contributed by atoms with van der Waals surface area (Å²) in [5, 5.41) is 9.84. The normalized spacial score (nSPS) is 37.9. The highest BCUT2D eigenvalue weighted by Crippen LogP contribution is 2.51. The topological polar surface area (TPSA) is 57.6 Å². The number of hydrogen-bond acceptors (Lipinski definition) is 3. The molecule has 2 aliphatic heterocycles. The van der Waals surface area contributed by atoms with E-state index in [9.17, 15) is 14.1 Å². The molecular formula is C12H18INO3S. The van der Waals surface area contributed by atoms with E-state index in [-0.39, 0.29) is 17.9 Å². The van der Waals surface area contributed by atoms with Gasteiger partial charge in [0.05, 0.1) is 22.9 Å². The Morgan fingerprint density at radius 3 is 2.78 bits per heavy atom. The number of amides is 1. The summed E-state index contributed by atoms with van der Waals surface area (Å²) >= 11 is 2.06. The molecule has 0 saturated carbocycles. The van der Waals surface area contributed by atoms with Crippen LogP contribution in [-0.2, 0) is 15.6 Å². The molecule has 1 saturated heterocycles. The number of fused-ring (bicyclic) bond motifs is 1. The van der Waals surface area contributed by atoms with Crippen LogP contribution in [0.2, 0.25) is 0 Å². The molecule has 5 atom stereocenters. The maximum atomic E-state index is 12.1. The van der Waals surface area contributed by atoms with Crippen LogP contribution in [0, 0.1) is 5.92 Å². The van der Waals surface area contributed by atoms with Crippen LogP contribution in [0.3, 0.4) is 0 Å². The summed E-state index contributed by atoms with van der Waals surface area (Å²) in [6.07, 6.45) is 1.91. The first-order valence-electron chi connectivity index (χ1n) is 6.15. The van der Waals surface area contributed by atoms with Gasteiger partial charge in [0.15, 0.2) is 0 Å². The molecule has 0 radical (unpaired) electrons. The minimum Gasteiger partial charge on any atom is -0.391 e. The highest BCUT2D eigenvalue weighted by Gasteiger charge is 2.66. The van der Waals surface area contributed by atoms with Crippen molar-refractivity contribution in [2.75, 3.05) is 5.75 Å². The Bertz CT molecular complexity index is 437. The SMILES string of the molecule is CCCS(=O)C1=CN2C(=O)[C@](I)([C@@H](C)O)C2[C@H]1C. The Labute approximate surface area is 123 Å². The zero-order valence-electron chi connectivity index (χ0n) is 10.7. The largest absolute Gasteiger partial charge is 0.391 e. The van der Waals surface area contributed by atoms with Crippen LogP contribution in [-0.4, -0.2) is 41.4 Å². The molecule has 2 aliphatic rings. The first-order valence-corrected chi connectivity index (χ1v) is 8.55. The molecule has 2 rings (SSSR count). The highest BCUT2D eigenvalue weighted by atomic mass is 127. The van der Waals surface area contributed by atoms with Crippen LogP contribution in [0.1, 0.15) is 27.2 Å². The van der Waals surface area contributed by atoms with Crippen LogP contribution < -0.4 is 0 Å². The van der Waals surface area contributed by atoms with Crippen molar-refractivity contribution >= 4 is 39.3 Å². The highest BCUT2D eigenvalue weighted by molar-refractivity contribution is 14.1. The van der Waals surface area contributed by atoms with Gasteiger partial charge in [0, 0.05) is 22.8 Å². The van der Waals surface area contributed by atoms with Crippen LogP contribution in [0.5, 0.6) is 0 Å². The molecule has 6 heteroatoms.